The van der Waals surface area contributed by atoms with Crippen molar-refractivity contribution in [2.24, 2.45) is 0 Å². The molecular weight excluding hydrogens is 350 g/mol. The summed E-state index contributed by atoms with van der Waals surface area (Å²) in [7, 11) is 0. The summed E-state index contributed by atoms with van der Waals surface area (Å²) in [6.45, 7) is 6.14. The lowest BCUT2D eigenvalue weighted by Gasteiger charge is -2.12. The number of carbonyl (C=O) groups excluding carboxylic acids is 1. The average molecular weight is 374 g/mol. The Balaban J connectivity index is 1.70. The van der Waals surface area contributed by atoms with Gasteiger partial charge in [-0.2, -0.15) is 0 Å². The van der Waals surface area contributed by atoms with Crippen molar-refractivity contribution in [1.82, 2.24) is 10.9 Å². The van der Waals surface area contributed by atoms with E-state index in [1.165, 1.54) is 11.1 Å². The zero-order valence-electron chi connectivity index (χ0n) is 14.7. The fourth-order valence-corrected chi connectivity index (χ4v) is 3.47. The minimum absolute atomic E-state index is 0.108. The summed E-state index contributed by atoms with van der Waals surface area (Å²) in [4.78, 5) is 11.9. The molecule has 0 aliphatic heterocycles. The van der Waals surface area contributed by atoms with E-state index in [-0.39, 0.29) is 5.91 Å². The molecule has 0 heterocycles. The molecule has 0 spiro atoms. The lowest BCUT2D eigenvalue weighted by Crippen LogP contribution is -2.44. The third kappa shape index (κ3) is 6.76. The smallest absolute Gasteiger partial charge is 0.248 e. The molecule has 0 aromatic heterocycles. The van der Waals surface area contributed by atoms with Crippen LogP contribution in [0, 0.1) is 20.8 Å². The van der Waals surface area contributed by atoms with Crippen molar-refractivity contribution in [3.63, 3.8) is 0 Å². The molecule has 0 fully saturated rings. The van der Waals surface area contributed by atoms with Crippen molar-refractivity contribution >= 4 is 40.7 Å². The van der Waals surface area contributed by atoms with Gasteiger partial charge < -0.3 is 5.32 Å². The predicted molar refractivity (Wildman–Crippen MR) is 111 cm³/mol. The topological polar surface area (TPSA) is 53.2 Å². The Morgan fingerprint density at radius 2 is 1.72 bits per heavy atom. The summed E-state index contributed by atoms with van der Waals surface area (Å²) in [5, 5.41) is 3.43. The monoisotopic (exact) mass is 373 g/mol. The van der Waals surface area contributed by atoms with Crippen LogP contribution in [0.4, 0.5) is 5.69 Å². The number of rotatable bonds is 5. The molecule has 0 aliphatic rings. The van der Waals surface area contributed by atoms with Crippen LogP contribution in [0.3, 0.4) is 0 Å². The van der Waals surface area contributed by atoms with Gasteiger partial charge in [0.2, 0.25) is 5.91 Å². The van der Waals surface area contributed by atoms with Crippen molar-refractivity contribution in [3.05, 3.63) is 64.7 Å². The fourth-order valence-electron chi connectivity index (χ4n) is 2.40. The van der Waals surface area contributed by atoms with Gasteiger partial charge in [-0.3, -0.25) is 15.6 Å². The number of nitrogens with one attached hydrogen (secondary N) is 3. The highest BCUT2D eigenvalue weighted by molar-refractivity contribution is 7.99. The van der Waals surface area contributed by atoms with Gasteiger partial charge in [0, 0.05) is 11.4 Å². The SMILES string of the molecule is Cc1cc(C)cc(NC(=S)NNC(=O)CSCc2ccccc2C)c1. The molecule has 0 saturated heterocycles. The molecule has 0 bridgehead atoms. The highest BCUT2D eigenvalue weighted by Gasteiger charge is 2.05. The normalized spacial score (nSPS) is 10.2. The molecule has 0 aliphatic carbocycles. The molecule has 4 nitrogen and oxygen atoms in total. The zero-order valence-corrected chi connectivity index (χ0v) is 16.3. The Hall–Kier alpha value is -2.05. The second-order valence-electron chi connectivity index (χ2n) is 5.92. The van der Waals surface area contributed by atoms with Gasteiger partial charge in [-0.15, -0.1) is 11.8 Å². The minimum Gasteiger partial charge on any atom is -0.331 e. The lowest BCUT2D eigenvalue weighted by molar-refractivity contribution is -0.119. The summed E-state index contributed by atoms with van der Waals surface area (Å²) >= 11 is 6.78. The van der Waals surface area contributed by atoms with Crippen LogP contribution < -0.4 is 16.2 Å². The first-order chi connectivity index (χ1) is 11.9. The molecule has 0 atom stereocenters. The van der Waals surface area contributed by atoms with Gasteiger partial charge in [-0.1, -0.05) is 30.3 Å². The standard InChI is InChI=1S/C19H23N3OS2/c1-13-8-14(2)10-17(9-13)20-19(24)22-21-18(23)12-25-11-16-7-5-4-6-15(16)3/h4-10H,11-12H2,1-3H3,(H,21,23)(H2,20,22,24). The van der Waals surface area contributed by atoms with E-state index in [0.717, 1.165) is 22.6 Å². The molecule has 132 valence electrons. The number of hydrazine groups is 1. The molecule has 2 aromatic carbocycles. The van der Waals surface area contributed by atoms with Gasteiger partial charge in [-0.25, -0.2) is 0 Å². The van der Waals surface area contributed by atoms with Gasteiger partial charge in [0.1, 0.15) is 0 Å². The molecule has 0 saturated carbocycles. The Kier molecular flexibility index (Phi) is 7.28. The highest BCUT2D eigenvalue weighted by atomic mass is 32.2. The summed E-state index contributed by atoms with van der Waals surface area (Å²) in [6.07, 6.45) is 0. The van der Waals surface area contributed by atoms with Gasteiger partial charge in [0.15, 0.2) is 5.11 Å². The van der Waals surface area contributed by atoms with Crippen LogP contribution in [-0.4, -0.2) is 16.8 Å². The van der Waals surface area contributed by atoms with E-state index in [1.54, 1.807) is 11.8 Å². The van der Waals surface area contributed by atoms with Gasteiger partial charge in [-0.05, 0) is 67.4 Å². The van der Waals surface area contributed by atoms with Crippen LogP contribution in [0.1, 0.15) is 22.3 Å². The number of anilines is 1. The Bertz CT molecular complexity index is 742. The molecule has 2 rings (SSSR count). The third-order valence-electron chi connectivity index (χ3n) is 3.55. The van der Waals surface area contributed by atoms with Crippen LogP contribution in [0.2, 0.25) is 0 Å². The molecule has 6 heteroatoms. The summed E-state index contributed by atoms with van der Waals surface area (Å²) < 4.78 is 0. The molecular formula is C19H23N3OS2. The average Bonchev–Trinajstić information content (AvgIpc) is 2.54. The van der Waals surface area contributed by atoms with Crippen LogP contribution >= 0.6 is 24.0 Å². The molecule has 1 amide bonds. The maximum Gasteiger partial charge on any atom is 0.248 e. The van der Waals surface area contributed by atoms with Crippen molar-refractivity contribution in [1.29, 1.82) is 0 Å². The van der Waals surface area contributed by atoms with Gasteiger partial charge in [0.25, 0.3) is 0 Å². The van der Waals surface area contributed by atoms with Crippen LogP contribution in [0.25, 0.3) is 0 Å². The van der Waals surface area contributed by atoms with E-state index in [2.05, 4.69) is 41.3 Å². The molecule has 2 aromatic rings. The van der Waals surface area contributed by atoms with Crippen molar-refractivity contribution in [3.8, 4) is 0 Å². The van der Waals surface area contributed by atoms with E-state index < -0.39 is 0 Å². The zero-order chi connectivity index (χ0) is 18.2. The first-order valence-electron chi connectivity index (χ1n) is 8.00. The molecule has 25 heavy (non-hydrogen) atoms. The van der Waals surface area contributed by atoms with Crippen molar-refractivity contribution < 1.29 is 4.79 Å². The molecule has 0 unspecified atom stereocenters. The van der Waals surface area contributed by atoms with E-state index >= 15 is 0 Å². The number of carbonyl (C=O) groups is 1. The maximum absolute atomic E-state index is 11.9. The van der Waals surface area contributed by atoms with Crippen molar-refractivity contribution in [2.75, 3.05) is 11.1 Å². The minimum atomic E-state index is -0.108. The number of hydrogen-bond donors (Lipinski definition) is 3. The van der Waals surface area contributed by atoms with Gasteiger partial charge >= 0.3 is 0 Å². The fraction of sp³-hybridized carbons (Fsp3) is 0.263. The van der Waals surface area contributed by atoms with Crippen molar-refractivity contribution in [2.45, 2.75) is 26.5 Å². The second kappa shape index (κ2) is 9.44. The van der Waals surface area contributed by atoms with Crippen LogP contribution in [-0.2, 0) is 10.5 Å². The summed E-state index contributed by atoms with van der Waals surface area (Å²) in [6, 6.07) is 14.3. The van der Waals surface area contributed by atoms with Crippen LogP contribution in [0.5, 0.6) is 0 Å². The number of thiocarbonyl (C=S) groups is 1. The Labute approximate surface area is 158 Å². The Morgan fingerprint density at radius 3 is 2.40 bits per heavy atom. The van der Waals surface area contributed by atoms with E-state index in [1.807, 2.05) is 38.1 Å². The molecule has 0 radical (unpaired) electrons. The van der Waals surface area contributed by atoms with E-state index in [0.29, 0.717) is 10.9 Å². The first kappa shape index (κ1) is 19.3. The van der Waals surface area contributed by atoms with Gasteiger partial charge in [0.05, 0.1) is 5.75 Å². The summed E-state index contributed by atoms with van der Waals surface area (Å²) in [5.74, 6) is 1.07. The number of benzene rings is 2. The second-order valence-corrected chi connectivity index (χ2v) is 7.32. The predicted octanol–water partition coefficient (Wildman–Crippen LogP) is 3.86. The number of amides is 1. The number of hydrogen-bond acceptors (Lipinski definition) is 3. The van der Waals surface area contributed by atoms with E-state index in [9.17, 15) is 4.79 Å². The largest absolute Gasteiger partial charge is 0.331 e. The number of aryl methyl sites for hydroxylation is 3. The van der Waals surface area contributed by atoms with E-state index in [4.69, 9.17) is 12.2 Å². The quantitative estimate of drug-likeness (QED) is 0.549. The lowest BCUT2D eigenvalue weighted by atomic mass is 10.1. The maximum atomic E-state index is 11.9. The first-order valence-corrected chi connectivity index (χ1v) is 9.57. The Morgan fingerprint density at radius 1 is 1.04 bits per heavy atom. The highest BCUT2D eigenvalue weighted by Crippen LogP contribution is 2.15. The van der Waals surface area contributed by atoms with Crippen LogP contribution in [0.15, 0.2) is 42.5 Å². The molecule has 3 N–H and O–H groups in total. The number of thioether (sulfide) groups is 1. The summed E-state index contributed by atoms with van der Waals surface area (Å²) in [5.41, 5.74) is 11.1. The third-order valence-corrected chi connectivity index (χ3v) is 4.73.